The molecule has 0 saturated carbocycles. The molecule has 0 aliphatic carbocycles. The Morgan fingerprint density at radius 3 is 2.83 bits per heavy atom. The first-order valence-corrected chi connectivity index (χ1v) is 7.64. The lowest BCUT2D eigenvalue weighted by Crippen LogP contribution is -2.44. The van der Waals surface area contributed by atoms with Crippen molar-refractivity contribution in [2.45, 2.75) is 46.1 Å². The van der Waals surface area contributed by atoms with Gasteiger partial charge in [0.2, 0.25) is 0 Å². The minimum Gasteiger partial charge on any atom is -0.376 e. The number of hydrogen-bond acceptors (Lipinski definition) is 3. The molecule has 1 aliphatic rings. The molecule has 3 nitrogen and oxygen atoms in total. The lowest BCUT2D eigenvalue weighted by molar-refractivity contribution is -0.0353. The molecule has 108 valence electrons. The maximum absolute atomic E-state index is 5.88. The summed E-state index contributed by atoms with van der Waals surface area (Å²) in [7, 11) is 2.22. The molecule has 1 fully saturated rings. The Hall–Kier alpha value is -0.120. The molecule has 0 spiro atoms. The van der Waals surface area contributed by atoms with E-state index < -0.39 is 0 Å². The van der Waals surface area contributed by atoms with Crippen LogP contribution in [-0.4, -0.2) is 62.3 Å². The van der Waals surface area contributed by atoms with Crippen molar-refractivity contribution in [2.24, 2.45) is 5.92 Å². The summed E-state index contributed by atoms with van der Waals surface area (Å²) < 4.78 is 5.88. The van der Waals surface area contributed by atoms with Crippen LogP contribution in [0.5, 0.6) is 0 Å². The van der Waals surface area contributed by atoms with Crippen molar-refractivity contribution in [2.75, 3.05) is 46.4 Å². The first kappa shape index (κ1) is 15.9. The summed E-state index contributed by atoms with van der Waals surface area (Å²) in [6.07, 6.45) is 4.23. The van der Waals surface area contributed by atoms with Gasteiger partial charge in [-0.2, -0.15) is 0 Å². The third kappa shape index (κ3) is 6.72. The van der Waals surface area contributed by atoms with E-state index in [-0.39, 0.29) is 0 Å². The number of morpholine rings is 1. The van der Waals surface area contributed by atoms with Crippen molar-refractivity contribution < 1.29 is 4.74 Å². The summed E-state index contributed by atoms with van der Waals surface area (Å²) in [6.45, 7) is 13.6. The highest BCUT2D eigenvalue weighted by molar-refractivity contribution is 4.72. The number of ether oxygens (including phenoxy) is 1. The molecule has 0 aromatic rings. The topological polar surface area (TPSA) is 15.7 Å². The Labute approximate surface area is 113 Å². The Balaban J connectivity index is 2.17. The fraction of sp³-hybridized carbons (Fsp3) is 1.00. The Bertz CT molecular complexity index is 209. The quantitative estimate of drug-likeness (QED) is 0.663. The van der Waals surface area contributed by atoms with Gasteiger partial charge in [-0.15, -0.1) is 0 Å². The van der Waals surface area contributed by atoms with Gasteiger partial charge in [0.1, 0.15) is 0 Å². The van der Waals surface area contributed by atoms with Crippen LogP contribution >= 0.6 is 0 Å². The molecule has 0 amide bonds. The van der Waals surface area contributed by atoms with E-state index in [0.717, 1.165) is 32.2 Å². The number of unbranched alkanes of at least 4 members (excludes halogenated alkanes) is 1. The summed E-state index contributed by atoms with van der Waals surface area (Å²) in [5.41, 5.74) is 0. The molecular formula is C15H32N2O. The van der Waals surface area contributed by atoms with E-state index in [1.165, 1.54) is 32.4 Å². The molecule has 0 bridgehead atoms. The smallest absolute Gasteiger partial charge is 0.0714 e. The molecular weight excluding hydrogens is 224 g/mol. The molecule has 1 atom stereocenters. The SMILES string of the molecule is CCCCN1CCO[C@@H](CCN(C)CC(C)C)C1. The van der Waals surface area contributed by atoms with Crippen molar-refractivity contribution in [1.29, 1.82) is 0 Å². The Morgan fingerprint density at radius 1 is 1.39 bits per heavy atom. The van der Waals surface area contributed by atoms with Crippen molar-refractivity contribution in [3.8, 4) is 0 Å². The molecule has 1 heterocycles. The second-order valence-electron chi connectivity index (χ2n) is 6.09. The predicted octanol–water partition coefficient (Wildman–Crippen LogP) is 2.47. The van der Waals surface area contributed by atoms with Gasteiger partial charge >= 0.3 is 0 Å². The molecule has 0 aromatic carbocycles. The second-order valence-corrected chi connectivity index (χ2v) is 6.09. The fourth-order valence-corrected chi connectivity index (χ4v) is 2.62. The van der Waals surface area contributed by atoms with E-state index in [9.17, 15) is 0 Å². The minimum absolute atomic E-state index is 0.449. The first-order chi connectivity index (χ1) is 8.61. The van der Waals surface area contributed by atoms with Gasteiger partial charge in [-0.1, -0.05) is 27.2 Å². The molecule has 1 aliphatic heterocycles. The predicted molar refractivity (Wildman–Crippen MR) is 78.0 cm³/mol. The largest absolute Gasteiger partial charge is 0.376 e. The van der Waals surface area contributed by atoms with Crippen molar-refractivity contribution >= 4 is 0 Å². The molecule has 0 aromatic heterocycles. The van der Waals surface area contributed by atoms with Gasteiger partial charge in [-0.25, -0.2) is 0 Å². The van der Waals surface area contributed by atoms with Crippen molar-refractivity contribution in [1.82, 2.24) is 9.80 Å². The van der Waals surface area contributed by atoms with Gasteiger partial charge in [0.15, 0.2) is 0 Å². The van der Waals surface area contributed by atoms with Crippen molar-refractivity contribution in [3.63, 3.8) is 0 Å². The molecule has 18 heavy (non-hydrogen) atoms. The molecule has 0 unspecified atom stereocenters. The third-order valence-corrected chi connectivity index (χ3v) is 3.56. The molecule has 0 N–H and O–H groups in total. The first-order valence-electron chi connectivity index (χ1n) is 7.64. The van der Waals surface area contributed by atoms with Crippen LogP contribution in [0, 0.1) is 5.92 Å². The zero-order valence-corrected chi connectivity index (χ0v) is 12.8. The average molecular weight is 256 g/mol. The minimum atomic E-state index is 0.449. The molecule has 3 heteroatoms. The van der Waals surface area contributed by atoms with Crippen LogP contribution in [0.4, 0.5) is 0 Å². The maximum Gasteiger partial charge on any atom is 0.0714 e. The highest BCUT2D eigenvalue weighted by atomic mass is 16.5. The zero-order chi connectivity index (χ0) is 13.4. The highest BCUT2D eigenvalue weighted by Crippen LogP contribution is 2.10. The standard InChI is InChI=1S/C15H32N2O/c1-5-6-8-17-10-11-18-15(13-17)7-9-16(4)12-14(2)3/h14-15H,5-13H2,1-4H3/t15-/m0/s1. The van der Waals surface area contributed by atoms with Crippen LogP contribution < -0.4 is 0 Å². The normalized spacial score (nSPS) is 22.0. The summed E-state index contributed by atoms with van der Waals surface area (Å²) >= 11 is 0. The summed E-state index contributed by atoms with van der Waals surface area (Å²) in [4.78, 5) is 5.00. The lowest BCUT2D eigenvalue weighted by atomic mass is 10.1. The third-order valence-electron chi connectivity index (χ3n) is 3.56. The molecule has 1 saturated heterocycles. The van der Waals surface area contributed by atoms with Crippen LogP contribution in [0.25, 0.3) is 0 Å². The average Bonchev–Trinajstić information content (AvgIpc) is 2.33. The number of hydrogen-bond donors (Lipinski definition) is 0. The number of nitrogens with zero attached hydrogens (tertiary/aromatic N) is 2. The monoisotopic (exact) mass is 256 g/mol. The summed E-state index contributed by atoms with van der Waals surface area (Å²) in [5.74, 6) is 0.753. The van der Waals surface area contributed by atoms with Crippen LogP contribution in [0.1, 0.15) is 40.0 Å². The van der Waals surface area contributed by atoms with Gasteiger partial charge < -0.3 is 9.64 Å². The fourth-order valence-electron chi connectivity index (χ4n) is 2.62. The number of rotatable bonds is 8. The van der Waals surface area contributed by atoms with Gasteiger partial charge in [0.25, 0.3) is 0 Å². The Kier molecular flexibility index (Phi) is 7.87. The van der Waals surface area contributed by atoms with Crippen LogP contribution in [0.15, 0.2) is 0 Å². The van der Waals surface area contributed by atoms with E-state index in [4.69, 9.17) is 4.74 Å². The zero-order valence-electron chi connectivity index (χ0n) is 12.8. The lowest BCUT2D eigenvalue weighted by Gasteiger charge is -2.33. The van der Waals surface area contributed by atoms with Gasteiger partial charge in [-0.3, -0.25) is 4.90 Å². The maximum atomic E-state index is 5.88. The van der Waals surface area contributed by atoms with Gasteiger partial charge in [0, 0.05) is 26.2 Å². The van der Waals surface area contributed by atoms with Gasteiger partial charge in [-0.05, 0) is 32.4 Å². The van der Waals surface area contributed by atoms with Crippen LogP contribution in [-0.2, 0) is 4.74 Å². The van der Waals surface area contributed by atoms with E-state index in [0.29, 0.717) is 6.10 Å². The second kappa shape index (κ2) is 8.89. The van der Waals surface area contributed by atoms with E-state index in [1.54, 1.807) is 0 Å². The van der Waals surface area contributed by atoms with E-state index in [1.807, 2.05) is 0 Å². The summed E-state index contributed by atoms with van der Waals surface area (Å²) in [5, 5.41) is 0. The van der Waals surface area contributed by atoms with Gasteiger partial charge in [0.05, 0.1) is 12.7 Å². The van der Waals surface area contributed by atoms with Crippen LogP contribution in [0.3, 0.4) is 0 Å². The molecule has 0 radical (unpaired) electrons. The van der Waals surface area contributed by atoms with E-state index >= 15 is 0 Å². The van der Waals surface area contributed by atoms with Crippen LogP contribution in [0.2, 0.25) is 0 Å². The Morgan fingerprint density at radius 2 is 2.17 bits per heavy atom. The highest BCUT2D eigenvalue weighted by Gasteiger charge is 2.20. The van der Waals surface area contributed by atoms with E-state index in [2.05, 4.69) is 37.6 Å². The summed E-state index contributed by atoms with van der Waals surface area (Å²) in [6, 6.07) is 0. The molecule has 1 rings (SSSR count). The van der Waals surface area contributed by atoms with Crippen molar-refractivity contribution in [3.05, 3.63) is 0 Å².